The Balaban J connectivity index is 1.58. The predicted molar refractivity (Wildman–Crippen MR) is 85.0 cm³/mol. The van der Waals surface area contributed by atoms with Crippen LogP contribution in [-0.4, -0.2) is 48.2 Å². The quantitative estimate of drug-likeness (QED) is 0.385. The van der Waals surface area contributed by atoms with E-state index in [0.29, 0.717) is 0 Å². The van der Waals surface area contributed by atoms with E-state index in [4.69, 9.17) is 10.9 Å². The van der Waals surface area contributed by atoms with Gasteiger partial charge in [-0.3, -0.25) is 0 Å². The van der Waals surface area contributed by atoms with Gasteiger partial charge in [-0.2, -0.15) is 0 Å². The number of likely N-dealkylation sites (tertiary alicyclic amines) is 1. The second-order valence-corrected chi connectivity index (χ2v) is 5.99. The van der Waals surface area contributed by atoms with Crippen molar-refractivity contribution in [1.29, 1.82) is 0 Å². The number of amidine groups is 1. The van der Waals surface area contributed by atoms with Crippen molar-refractivity contribution in [1.82, 2.24) is 4.90 Å². The Bertz CT molecular complexity index is 486. The summed E-state index contributed by atoms with van der Waals surface area (Å²) < 4.78 is 0. The minimum Gasteiger partial charge on any atom is -0.409 e. The molecule has 2 fully saturated rings. The molecule has 0 bridgehead atoms. The second kappa shape index (κ2) is 6.35. The normalized spacial score (nSPS) is 21.9. The number of anilines is 1. The largest absolute Gasteiger partial charge is 0.409 e. The summed E-state index contributed by atoms with van der Waals surface area (Å²) in [5, 5.41) is 11.7. The predicted octanol–water partition coefficient (Wildman–Crippen LogP) is 1.85. The first-order chi connectivity index (χ1) is 10.3. The molecule has 0 unspecified atom stereocenters. The van der Waals surface area contributed by atoms with Crippen LogP contribution in [0.25, 0.3) is 0 Å². The van der Waals surface area contributed by atoms with E-state index in [9.17, 15) is 0 Å². The standard InChI is InChI=1S/C16H24N4O/c17-16(18-21)13-3-5-14(6-4-13)20-11-7-15(8-12-20)19-9-1-2-10-19/h3-6,15,21H,1-2,7-12H2,(H2,17,18). The summed E-state index contributed by atoms with van der Waals surface area (Å²) >= 11 is 0. The number of nitrogens with two attached hydrogens (primary N) is 1. The summed E-state index contributed by atoms with van der Waals surface area (Å²) in [4.78, 5) is 5.10. The Kier molecular flexibility index (Phi) is 4.29. The van der Waals surface area contributed by atoms with Crippen LogP contribution in [-0.2, 0) is 0 Å². The van der Waals surface area contributed by atoms with Crippen molar-refractivity contribution in [3.8, 4) is 0 Å². The number of oxime groups is 1. The number of piperidine rings is 1. The molecule has 0 spiro atoms. The van der Waals surface area contributed by atoms with Gasteiger partial charge in [0.1, 0.15) is 0 Å². The maximum atomic E-state index is 8.69. The van der Waals surface area contributed by atoms with Crippen molar-refractivity contribution >= 4 is 11.5 Å². The molecule has 2 aliphatic rings. The molecule has 5 heteroatoms. The molecule has 21 heavy (non-hydrogen) atoms. The van der Waals surface area contributed by atoms with Crippen LogP contribution in [0.2, 0.25) is 0 Å². The van der Waals surface area contributed by atoms with Crippen LogP contribution in [0.3, 0.4) is 0 Å². The maximum absolute atomic E-state index is 8.69. The van der Waals surface area contributed by atoms with Gasteiger partial charge in [0.05, 0.1) is 0 Å². The van der Waals surface area contributed by atoms with Crippen molar-refractivity contribution in [2.24, 2.45) is 10.9 Å². The van der Waals surface area contributed by atoms with Crippen molar-refractivity contribution in [3.63, 3.8) is 0 Å². The summed E-state index contributed by atoms with van der Waals surface area (Å²) in [5.41, 5.74) is 7.58. The lowest BCUT2D eigenvalue weighted by Gasteiger charge is -2.37. The van der Waals surface area contributed by atoms with Crippen molar-refractivity contribution in [2.45, 2.75) is 31.7 Å². The summed E-state index contributed by atoms with van der Waals surface area (Å²) in [6, 6.07) is 8.72. The van der Waals surface area contributed by atoms with Gasteiger partial charge in [-0.25, -0.2) is 0 Å². The third-order valence-electron chi connectivity index (χ3n) is 4.76. The van der Waals surface area contributed by atoms with E-state index in [2.05, 4.69) is 27.1 Å². The van der Waals surface area contributed by atoms with Gasteiger partial charge >= 0.3 is 0 Å². The molecular formula is C16H24N4O. The Morgan fingerprint density at radius 2 is 1.67 bits per heavy atom. The molecule has 3 rings (SSSR count). The Hall–Kier alpha value is -1.75. The third kappa shape index (κ3) is 3.13. The molecule has 0 aliphatic carbocycles. The number of hydrogen-bond acceptors (Lipinski definition) is 4. The van der Waals surface area contributed by atoms with Crippen molar-refractivity contribution in [2.75, 3.05) is 31.1 Å². The molecule has 0 atom stereocenters. The molecule has 2 aliphatic heterocycles. The first-order valence-electron chi connectivity index (χ1n) is 7.85. The van der Waals surface area contributed by atoms with Gasteiger partial charge < -0.3 is 20.7 Å². The topological polar surface area (TPSA) is 65.1 Å². The maximum Gasteiger partial charge on any atom is 0.170 e. The van der Waals surface area contributed by atoms with Crippen LogP contribution in [0, 0.1) is 0 Å². The SMILES string of the molecule is NC(=NO)c1ccc(N2CCC(N3CCCC3)CC2)cc1. The molecule has 0 saturated carbocycles. The molecule has 2 heterocycles. The van der Waals surface area contributed by atoms with Crippen molar-refractivity contribution in [3.05, 3.63) is 29.8 Å². The third-order valence-corrected chi connectivity index (χ3v) is 4.76. The fourth-order valence-electron chi connectivity index (χ4n) is 3.50. The average molecular weight is 288 g/mol. The van der Waals surface area contributed by atoms with E-state index in [1.165, 1.54) is 44.5 Å². The van der Waals surface area contributed by atoms with Crippen LogP contribution in [0.15, 0.2) is 29.4 Å². The summed E-state index contributed by atoms with van der Waals surface area (Å²) in [5.74, 6) is 0.161. The Morgan fingerprint density at radius 3 is 2.24 bits per heavy atom. The highest BCUT2D eigenvalue weighted by Gasteiger charge is 2.26. The highest BCUT2D eigenvalue weighted by Crippen LogP contribution is 2.25. The smallest absolute Gasteiger partial charge is 0.170 e. The molecule has 0 radical (unpaired) electrons. The monoisotopic (exact) mass is 288 g/mol. The molecule has 1 aromatic carbocycles. The molecular weight excluding hydrogens is 264 g/mol. The van der Waals surface area contributed by atoms with Crippen LogP contribution >= 0.6 is 0 Å². The van der Waals surface area contributed by atoms with Gasteiger partial charge in [-0.05, 0) is 63.0 Å². The van der Waals surface area contributed by atoms with E-state index < -0.39 is 0 Å². The molecule has 5 nitrogen and oxygen atoms in total. The van der Waals surface area contributed by atoms with Crippen LogP contribution in [0.1, 0.15) is 31.2 Å². The number of benzene rings is 1. The van der Waals surface area contributed by atoms with E-state index in [1.807, 2.05) is 12.1 Å². The van der Waals surface area contributed by atoms with Crippen LogP contribution < -0.4 is 10.6 Å². The average Bonchev–Trinajstić information content (AvgIpc) is 3.09. The lowest BCUT2D eigenvalue weighted by Crippen LogP contribution is -2.43. The van der Waals surface area contributed by atoms with Gasteiger partial charge in [0.15, 0.2) is 5.84 Å². The van der Waals surface area contributed by atoms with Gasteiger partial charge in [-0.1, -0.05) is 5.16 Å². The number of nitrogens with zero attached hydrogens (tertiary/aromatic N) is 3. The van der Waals surface area contributed by atoms with Crippen LogP contribution in [0.4, 0.5) is 5.69 Å². The Labute approximate surface area is 126 Å². The molecule has 0 aromatic heterocycles. The number of hydrogen-bond donors (Lipinski definition) is 2. The molecule has 2 saturated heterocycles. The van der Waals surface area contributed by atoms with Gasteiger partial charge in [0.25, 0.3) is 0 Å². The highest BCUT2D eigenvalue weighted by molar-refractivity contribution is 5.97. The highest BCUT2D eigenvalue weighted by atomic mass is 16.4. The van der Waals surface area contributed by atoms with Gasteiger partial charge in [0, 0.05) is 30.4 Å². The molecule has 0 amide bonds. The molecule has 114 valence electrons. The van der Waals surface area contributed by atoms with Gasteiger partial charge in [-0.15, -0.1) is 0 Å². The fraction of sp³-hybridized carbons (Fsp3) is 0.562. The zero-order chi connectivity index (χ0) is 14.7. The minimum absolute atomic E-state index is 0.161. The van der Waals surface area contributed by atoms with E-state index in [0.717, 1.165) is 24.7 Å². The first kappa shape index (κ1) is 14.2. The van der Waals surface area contributed by atoms with Gasteiger partial charge in [0.2, 0.25) is 0 Å². The minimum atomic E-state index is 0.161. The van der Waals surface area contributed by atoms with E-state index >= 15 is 0 Å². The summed E-state index contributed by atoms with van der Waals surface area (Å²) in [6.45, 7) is 4.81. The molecule has 1 aromatic rings. The van der Waals surface area contributed by atoms with Crippen molar-refractivity contribution < 1.29 is 5.21 Å². The second-order valence-electron chi connectivity index (χ2n) is 5.99. The summed E-state index contributed by atoms with van der Waals surface area (Å²) in [6.07, 6.45) is 5.25. The zero-order valence-electron chi connectivity index (χ0n) is 12.4. The zero-order valence-corrected chi connectivity index (χ0v) is 12.4. The lowest BCUT2D eigenvalue weighted by molar-refractivity contribution is 0.208. The van der Waals surface area contributed by atoms with Crippen LogP contribution in [0.5, 0.6) is 0 Å². The van der Waals surface area contributed by atoms with E-state index in [1.54, 1.807) is 0 Å². The summed E-state index contributed by atoms with van der Waals surface area (Å²) in [7, 11) is 0. The van der Waals surface area contributed by atoms with E-state index in [-0.39, 0.29) is 5.84 Å². The number of rotatable bonds is 3. The fourth-order valence-corrected chi connectivity index (χ4v) is 3.50. The Morgan fingerprint density at radius 1 is 1.05 bits per heavy atom. The molecule has 3 N–H and O–H groups in total. The first-order valence-corrected chi connectivity index (χ1v) is 7.85. The lowest BCUT2D eigenvalue weighted by atomic mass is 10.0.